The smallest absolute Gasteiger partial charge is 0.341 e. The number of aryl methyl sites for hydroxylation is 2. The number of aliphatic carboxylic acids is 1. The molecule has 0 aliphatic carbocycles. The van der Waals surface area contributed by atoms with Crippen LogP contribution in [0.1, 0.15) is 48.5 Å². The summed E-state index contributed by atoms with van der Waals surface area (Å²) in [6.07, 6.45) is 1.02. The van der Waals surface area contributed by atoms with E-state index in [1.165, 1.54) is 10.6 Å². The molecule has 8 heteroatoms. The Morgan fingerprint density at radius 2 is 2.11 bits per heavy atom. The lowest BCUT2D eigenvalue weighted by atomic mass is 10.1. The van der Waals surface area contributed by atoms with Crippen molar-refractivity contribution in [3.63, 3.8) is 0 Å². The van der Waals surface area contributed by atoms with E-state index in [4.69, 9.17) is 15.6 Å². The third-order valence-electron chi connectivity index (χ3n) is 3.66. The first kappa shape index (κ1) is 23.6. The number of benzene rings is 1. The average molecular weight is 505 g/mol. The number of aromatic nitrogens is 1. The number of fused-ring (bicyclic) bond motifs is 1. The predicted molar refractivity (Wildman–Crippen MR) is 120 cm³/mol. The van der Waals surface area contributed by atoms with Crippen molar-refractivity contribution in [2.75, 3.05) is 18.9 Å². The molecule has 0 amide bonds. The van der Waals surface area contributed by atoms with Crippen LogP contribution in [0.25, 0.3) is 0 Å². The normalized spacial score (nSPS) is 14.8. The standard InChI is InChI=1S/C10H11IO3.C7H11N3S.C2H6/c1-6-3-7(2)10(8(11)4-6)14-5-9(12)13;1-4-6-5(2-3-9-4)10-7(8)11-6;1-2/h3-4H,5H2,1-2H3,(H,12,13);4,9H,2-3H2,1H3,(H2,8,10);1-2H3. The van der Waals surface area contributed by atoms with Gasteiger partial charge in [-0.3, -0.25) is 0 Å². The number of carboxylic acid groups (broad SMARTS) is 1. The summed E-state index contributed by atoms with van der Waals surface area (Å²) in [6, 6.07) is 4.37. The van der Waals surface area contributed by atoms with Crippen LogP contribution < -0.4 is 15.8 Å². The number of nitrogens with zero attached hydrogens (tertiary/aromatic N) is 1. The highest BCUT2D eigenvalue weighted by atomic mass is 127. The van der Waals surface area contributed by atoms with Crippen LogP contribution in [-0.4, -0.2) is 29.2 Å². The van der Waals surface area contributed by atoms with Crippen molar-refractivity contribution in [2.45, 2.75) is 47.1 Å². The Morgan fingerprint density at radius 1 is 1.44 bits per heavy atom. The Hall–Kier alpha value is -1.39. The topological polar surface area (TPSA) is 97.5 Å². The van der Waals surface area contributed by atoms with Crippen molar-refractivity contribution in [2.24, 2.45) is 0 Å². The molecule has 0 fully saturated rings. The van der Waals surface area contributed by atoms with Gasteiger partial charge in [-0.25, -0.2) is 9.78 Å². The van der Waals surface area contributed by atoms with Crippen LogP contribution in [0.15, 0.2) is 12.1 Å². The maximum absolute atomic E-state index is 10.3. The monoisotopic (exact) mass is 505 g/mol. The van der Waals surface area contributed by atoms with E-state index in [2.05, 4.69) is 39.8 Å². The molecule has 0 spiro atoms. The molecule has 150 valence electrons. The molecule has 1 aromatic carbocycles. The molecule has 2 aromatic rings. The SMILES string of the molecule is CC.CC1NCCc2nc(N)sc21.Cc1cc(C)c(OCC(=O)O)c(I)c1. The van der Waals surface area contributed by atoms with E-state index in [0.29, 0.717) is 16.9 Å². The lowest BCUT2D eigenvalue weighted by Crippen LogP contribution is -2.26. The zero-order valence-corrected chi connectivity index (χ0v) is 19.4. The molecule has 0 saturated carbocycles. The van der Waals surface area contributed by atoms with Gasteiger partial charge in [0.2, 0.25) is 0 Å². The van der Waals surface area contributed by atoms with Gasteiger partial charge in [-0.05, 0) is 60.6 Å². The Labute approximate surface area is 178 Å². The highest BCUT2D eigenvalue weighted by Crippen LogP contribution is 2.29. The number of halogens is 1. The minimum absolute atomic E-state index is 0.292. The van der Waals surface area contributed by atoms with Gasteiger partial charge in [-0.2, -0.15) is 0 Å². The summed E-state index contributed by atoms with van der Waals surface area (Å²) in [7, 11) is 0. The fourth-order valence-corrected chi connectivity index (χ4v) is 4.60. The molecule has 0 saturated heterocycles. The highest BCUT2D eigenvalue weighted by Gasteiger charge is 2.19. The van der Waals surface area contributed by atoms with E-state index < -0.39 is 5.97 Å². The van der Waals surface area contributed by atoms with Crippen molar-refractivity contribution in [3.8, 4) is 5.75 Å². The van der Waals surface area contributed by atoms with Crippen LogP contribution in [0.3, 0.4) is 0 Å². The van der Waals surface area contributed by atoms with Crippen molar-refractivity contribution < 1.29 is 14.6 Å². The minimum Gasteiger partial charge on any atom is -0.481 e. The third-order valence-corrected chi connectivity index (χ3v) is 5.57. The van der Waals surface area contributed by atoms with Gasteiger partial charge in [0, 0.05) is 23.9 Å². The first-order chi connectivity index (χ1) is 12.8. The van der Waals surface area contributed by atoms with E-state index in [9.17, 15) is 4.79 Å². The van der Waals surface area contributed by atoms with Gasteiger partial charge in [-0.15, -0.1) is 11.3 Å². The predicted octanol–water partition coefficient (Wildman–Crippen LogP) is 4.33. The van der Waals surface area contributed by atoms with Crippen LogP contribution in [-0.2, 0) is 11.2 Å². The Morgan fingerprint density at radius 3 is 2.67 bits per heavy atom. The van der Waals surface area contributed by atoms with E-state index in [0.717, 1.165) is 27.7 Å². The van der Waals surface area contributed by atoms with Crippen LogP contribution in [0.4, 0.5) is 5.13 Å². The Bertz CT molecular complexity index is 742. The number of thiazole rings is 1. The molecule has 1 atom stereocenters. The van der Waals surface area contributed by atoms with E-state index in [1.54, 1.807) is 11.3 Å². The molecule has 2 heterocycles. The molecule has 27 heavy (non-hydrogen) atoms. The van der Waals surface area contributed by atoms with Gasteiger partial charge >= 0.3 is 5.97 Å². The van der Waals surface area contributed by atoms with Crippen LogP contribution in [0.2, 0.25) is 0 Å². The summed E-state index contributed by atoms with van der Waals surface area (Å²) in [4.78, 5) is 15.9. The first-order valence-electron chi connectivity index (χ1n) is 8.87. The second kappa shape index (κ2) is 11.5. The van der Waals surface area contributed by atoms with Gasteiger partial charge in [0.05, 0.1) is 9.26 Å². The maximum Gasteiger partial charge on any atom is 0.341 e. The van der Waals surface area contributed by atoms with Gasteiger partial charge in [0.15, 0.2) is 11.7 Å². The largest absolute Gasteiger partial charge is 0.481 e. The molecule has 0 bridgehead atoms. The zero-order chi connectivity index (χ0) is 20.6. The molecular weight excluding hydrogens is 477 g/mol. The van der Waals surface area contributed by atoms with Crippen molar-refractivity contribution in [3.05, 3.63) is 37.4 Å². The summed E-state index contributed by atoms with van der Waals surface area (Å²) in [6.45, 7) is 10.8. The number of anilines is 1. The number of nitrogen functional groups attached to an aromatic ring is 1. The lowest BCUT2D eigenvalue weighted by Gasteiger charge is -2.18. The second-order valence-corrected chi connectivity index (χ2v) is 8.09. The number of nitrogens with one attached hydrogen (secondary N) is 1. The molecule has 1 aromatic heterocycles. The number of hydrogen-bond acceptors (Lipinski definition) is 6. The molecule has 4 N–H and O–H groups in total. The highest BCUT2D eigenvalue weighted by molar-refractivity contribution is 14.1. The summed E-state index contributed by atoms with van der Waals surface area (Å²) in [5.41, 5.74) is 8.91. The molecule has 3 rings (SSSR count). The van der Waals surface area contributed by atoms with Crippen molar-refractivity contribution in [1.82, 2.24) is 10.3 Å². The van der Waals surface area contributed by atoms with Gasteiger partial charge in [0.25, 0.3) is 0 Å². The van der Waals surface area contributed by atoms with Crippen molar-refractivity contribution >= 4 is 45.0 Å². The summed E-state index contributed by atoms with van der Waals surface area (Å²) >= 11 is 3.74. The van der Waals surface area contributed by atoms with Crippen LogP contribution >= 0.6 is 33.9 Å². The molecular formula is C19H28IN3O3S. The minimum atomic E-state index is -0.958. The average Bonchev–Trinajstić information content (AvgIpc) is 2.98. The van der Waals surface area contributed by atoms with Crippen LogP contribution in [0, 0.1) is 17.4 Å². The lowest BCUT2D eigenvalue weighted by molar-refractivity contribution is -0.139. The van der Waals surface area contributed by atoms with Gasteiger partial charge < -0.3 is 20.9 Å². The van der Waals surface area contributed by atoms with Gasteiger partial charge in [0.1, 0.15) is 5.75 Å². The van der Waals surface area contributed by atoms with E-state index in [1.807, 2.05) is 39.8 Å². The summed E-state index contributed by atoms with van der Waals surface area (Å²) in [5, 5.41) is 12.5. The van der Waals surface area contributed by atoms with E-state index in [-0.39, 0.29) is 6.61 Å². The number of nitrogens with two attached hydrogens (primary N) is 1. The molecule has 0 radical (unpaired) electrons. The first-order valence-corrected chi connectivity index (χ1v) is 10.8. The number of carbonyl (C=O) groups is 1. The van der Waals surface area contributed by atoms with Gasteiger partial charge in [-0.1, -0.05) is 19.9 Å². The van der Waals surface area contributed by atoms with E-state index >= 15 is 0 Å². The molecule has 1 aliphatic rings. The van der Waals surface area contributed by atoms with Crippen LogP contribution in [0.5, 0.6) is 5.75 Å². The summed E-state index contributed by atoms with van der Waals surface area (Å²) in [5.74, 6) is -0.292. The third kappa shape index (κ3) is 7.27. The molecule has 6 nitrogen and oxygen atoms in total. The zero-order valence-electron chi connectivity index (χ0n) is 16.4. The number of hydrogen-bond donors (Lipinski definition) is 3. The second-order valence-electron chi connectivity index (χ2n) is 5.86. The fourth-order valence-electron chi connectivity index (χ4n) is 2.62. The number of rotatable bonds is 3. The molecule has 1 aliphatic heterocycles. The molecule has 1 unspecified atom stereocenters. The van der Waals surface area contributed by atoms with Crippen molar-refractivity contribution in [1.29, 1.82) is 0 Å². The number of ether oxygens (including phenoxy) is 1. The Balaban J connectivity index is 0.000000252. The quantitative estimate of drug-likeness (QED) is 0.538. The Kier molecular flexibility index (Phi) is 10.0. The fraction of sp³-hybridized carbons (Fsp3) is 0.474. The summed E-state index contributed by atoms with van der Waals surface area (Å²) < 4.78 is 6.12. The maximum atomic E-state index is 10.3. The number of carboxylic acids is 1.